The lowest BCUT2D eigenvalue weighted by molar-refractivity contribution is 0.0992. The number of amides is 1. The highest BCUT2D eigenvalue weighted by Crippen LogP contribution is 2.39. The Morgan fingerprint density at radius 2 is 1.88 bits per heavy atom. The quantitative estimate of drug-likeness (QED) is 0.632. The molecule has 2 aliphatic heterocycles. The van der Waals surface area contributed by atoms with Crippen LogP contribution in [0, 0.1) is 6.92 Å². The van der Waals surface area contributed by atoms with E-state index in [1.54, 1.807) is 26.4 Å². The van der Waals surface area contributed by atoms with Crippen LogP contribution in [0.1, 0.15) is 15.9 Å². The monoisotopic (exact) mass is 460 g/mol. The molecule has 0 radical (unpaired) electrons. The molecule has 1 aromatic heterocycles. The second-order valence-corrected chi connectivity index (χ2v) is 8.60. The number of hydrogen-bond donors (Lipinski definition) is 1. The highest BCUT2D eigenvalue weighted by Gasteiger charge is 2.28. The van der Waals surface area contributed by atoms with Crippen LogP contribution in [0.25, 0.3) is 0 Å². The van der Waals surface area contributed by atoms with Gasteiger partial charge in [0.25, 0.3) is 5.91 Å². The van der Waals surface area contributed by atoms with Crippen LogP contribution in [0.2, 0.25) is 0 Å². The average Bonchev–Trinajstić information content (AvgIpc) is 2.94. The number of nitrogens with one attached hydrogen (secondary N) is 1. The number of benzene rings is 2. The van der Waals surface area contributed by atoms with Crippen LogP contribution >= 0.6 is 0 Å². The van der Waals surface area contributed by atoms with Crippen molar-refractivity contribution >= 4 is 28.9 Å². The fraction of sp³-hybridized carbons (Fsp3) is 0.320. The van der Waals surface area contributed by atoms with Crippen LogP contribution in [-0.2, 0) is 0 Å². The number of anilines is 4. The van der Waals surface area contributed by atoms with Crippen LogP contribution in [0.15, 0.2) is 42.6 Å². The van der Waals surface area contributed by atoms with E-state index in [1.165, 1.54) is 4.90 Å². The van der Waals surface area contributed by atoms with Gasteiger partial charge in [0.2, 0.25) is 11.8 Å². The predicted octanol–water partition coefficient (Wildman–Crippen LogP) is 3.67. The summed E-state index contributed by atoms with van der Waals surface area (Å²) in [6.45, 7) is 5.91. The molecule has 9 nitrogen and oxygen atoms in total. The van der Waals surface area contributed by atoms with Crippen molar-refractivity contribution in [3.05, 3.63) is 53.7 Å². The summed E-state index contributed by atoms with van der Waals surface area (Å²) in [4.78, 5) is 28.2. The number of rotatable bonds is 4. The first-order chi connectivity index (χ1) is 16.4. The molecule has 3 heterocycles. The zero-order chi connectivity index (χ0) is 23.8. The molecule has 9 heteroatoms. The number of piperazine rings is 1. The van der Waals surface area contributed by atoms with Crippen molar-refractivity contribution < 1.29 is 14.3 Å². The number of carbonyl (C=O) groups is 1. The summed E-state index contributed by atoms with van der Waals surface area (Å²) in [6, 6.07) is 11.6. The lowest BCUT2D eigenvalue weighted by Crippen LogP contribution is -2.44. The molecule has 1 fully saturated rings. The Morgan fingerprint density at radius 1 is 1.09 bits per heavy atom. The molecule has 2 aliphatic rings. The van der Waals surface area contributed by atoms with Gasteiger partial charge >= 0.3 is 0 Å². The van der Waals surface area contributed by atoms with E-state index in [0.717, 1.165) is 43.1 Å². The smallest absolute Gasteiger partial charge is 0.262 e. The summed E-state index contributed by atoms with van der Waals surface area (Å²) in [7, 11) is 5.49. The SMILES string of the molecule is COc1cc(N2CCN(C)CC2)ccc1Nc1ncc2c(n1)Oc1cccc(C)c1C(=O)N2C. The summed E-state index contributed by atoms with van der Waals surface area (Å²) >= 11 is 0. The standard InChI is InChI=1S/C25H28N6O3/c1-16-6-5-7-20-22(16)24(32)30(3)19-15-26-25(28-23(19)34-20)27-18-9-8-17(14-21(18)33-4)31-12-10-29(2)11-13-31/h5-9,14-15H,10-13H2,1-4H3,(H,26,27,28). The van der Waals surface area contributed by atoms with Crippen molar-refractivity contribution in [2.45, 2.75) is 6.92 Å². The zero-order valence-electron chi connectivity index (χ0n) is 19.8. The second-order valence-electron chi connectivity index (χ2n) is 8.60. The van der Waals surface area contributed by atoms with Crippen molar-refractivity contribution in [3.63, 3.8) is 0 Å². The maximum absolute atomic E-state index is 13.0. The van der Waals surface area contributed by atoms with Crippen molar-refractivity contribution in [2.24, 2.45) is 0 Å². The Balaban J connectivity index is 1.43. The van der Waals surface area contributed by atoms with E-state index in [0.29, 0.717) is 34.6 Å². The van der Waals surface area contributed by atoms with Gasteiger partial charge in [-0.05, 0) is 37.7 Å². The molecule has 0 spiro atoms. The Morgan fingerprint density at radius 3 is 2.65 bits per heavy atom. The Labute approximate surface area is 198 Å². The molecule has 3 aromatic rings. The lowest BCUT2D eigenvalue weighted by Gasteiger charge is -2.34. The molecular weight excluding hydrogens is 432 g/mol. The largest absolute Gasteiger partial charge is 0.494 e. The maximum atomic E-state index is 13.0. The van der Waals surface area contributed by atoms with E-state index in [4.69, 9.17) is 9.47 Å². The van der Waals surface area contributed by atoms with Crippen LogP contribution in [0.4, 0.5) is 23.0 Å². The topological polar surface area (TPSA) is 83.1 Å². The molecule has 1 amide bonds. The minimum atomic E-state index is -0.155. The number of hydrogen-bond acceptors (Lipinski definition) is 8. The first-order valence-electron chi connectivity index (χ1n) is 11.3. The van der Waals surface area contributed by atoms with Gasteiger partial charge in [-0.25, -0.2) is 4.98 Å². The number of aryl methyl sites for hydroxylation is 1. The number of ether oxygens (including phenoxy) is 2. The molecule has 0 atom stereocenters. The predicted molar refractivity (Wildman–Crippen MR) is 132 cm³/mol. The van der Waals surface area contributed by atoms with Gasteiger partial charge in [-0.1, -0.05) is 12.1 Å². The fourth-order valence-corrected chi connectivity index (χ4v) is 4.27. The van der Waals surface area contributed by atoms with Crippen LogP contribution in [-0.4, -0.2) is 68.2 Å². The van der Waals surface area contributed by atoms with Gasteiger partial charge in [-0.2, -0.15) is 4.98 Å². The third-order valence-electron chi connectivity index (χ3n) is 6.36. The summed E-state index contributed by atoms with van der Waals surface area (Å²) < 4.78 is 11.7. The molecule has 2 aromatic carbocycles. The summed E-state index contributed by atoms with van der Waals surface area (Å²) in [6.07, 6.45) is 1.59. The summed E-state index contributed by atoms with van der Waals surface area (Å²) in [5.41, 5.74) is 3.74. The van der Waals surface area contributed by atoms with E-state index in [-0.39, 0.29) is 5.91 Å². The van der Waals surface area contributed by atoms with Gasteiger partial charge in [0.05, 0.1) is 24.6 Å². The summed E-state index contributed by atoms with van der Waals surface area (Å²) in [5.74, 6) is 1.68. The molecule has 1 saturated heterocycles. The highest BCUT2D eigenvalue weighted by molar-refractivity contribution is 6.10. The van der Waals surface area contributed by atoms with Crippen molar-refractivity contribution in [2.75, 3.05) is 62.5 Å². The molecule has 34 heavy (non-hydrogen) atoms. The number of fused-ring (bicyclic) bond motifs is 2. The van der Waals surface area contributed by atoms with Crippen LogP contribution in [0.5, 0.6) is 17.4 Å². The van der Waals surface area contributed by atoms with Gasteiger partial charge in [-0.15, -0.1) is 0 Å². The minimum absolute atomic E-state index is 0.155. The van der Waals surface area contributed by atoms with Crippen LogP contribution < -0.4 is 24.6 Å². The lowest BCUT2D eigenvalue weighted by atomic mass is 10.1. The number of aromatic nitrogens is 2. The number of methoxy groups -OCH3 is 1. The third kappa shape index (κ3) is 3.99. The first kappa shape index (κ1) is 22.0. The van der Waals surface area contributed by atoms with Crippen molar-refractivity contribution in [1.82, 2.24) is 14.9 Å². The molecule has 0 unspecified atom stereocenters. The van der Waals surface area contributed by atoms with Gasteiger partial charge in [-0.3, -0.25) is 4.79 Å². The number of nitrogens with zero attached hydrogens (tertiary/aromatic N) is 5. The Bertz CT molecular complexity index is 1240. The summed E-state index contributed by atoms with van der Waals surface area (Å²) in [5, 5.41) is 3.24. The molecule has 0 saturated carbocycles. The van der Waals surface area contributed by atoms with Crippen molar-refractivity contribution in [3.8, 4) is 17.4 Å². The van der Waals surface area contributed by atoms with E-state index in [2.05, 4.69) is 38.2 Å². The Kier molecular flexibility index (Phi) is 5.70. The number of likely N-dealkylation sites (N-methyl/N-ethyl adjacent to an activating group) is 1. The molecular formula is C25H28N6O3. The molecule has 176 valence electrons. The van der Waals surface area contributed by atoms with E-state index in [1.807, 2.05) is 31.2 Å². The van der Waals surface area contributed by atoms with E-state index in [9.17, 15) is 4.79 Å². The normalized spacial score (nSPS) is 15.8. The average molecular weight is 461 g/mol. The number of carbonyl (C=O) groups excluding carboxylic acids is 1. The van der Waals surface area contributed by atoms with E-state index < -0.39 is 0 Å². The second kappa shape index (κ2) is 8.83. The zero-order valence-corrected chi connectivity index (χ0v) is 19.8. The Hall–Kier alpha value is -3.85. The maximum Gasteiger partial charge on any atom is 0.262 e. The molecule has 0 aliphatic carbocycles. The van der Waals surface area contributed by atoms with Crippen molar-refractivity contribution in [1.29, 1.82) is 0 Å². The van der Waals surface area contributed by atoms with E-state index >= 15 is 0 Å². The van der Waals surface area contributed by atoms with Gasteiger partial charge in [0, 0.05) is 45.0 Å². The van der Waals surface area contributed by atoms with Crippen LogP contribution in [0.3, 0.4) is 0 Å². The van der Waals surface area contributed by atoms with Gasteiger partial charge in [0.15, 0.2) is 0 Å². The third-order valence-corrected chi connectivity index (χ3v) is 6.36. The first-order valence-corrected chi connectivity index (χ1v) is 11.3. The molecule has 1 N–H and O–H groups in total. The minimum Gasteiger partial charge on any atom is -0.494 e. The van der Waals surface area contributed by atoms with Gasteiger partial charge < -0.3 is 29.5 Å². The molecule has 0 bridgehead atoms. The fourth-order valence-electron chi connectivity index (χ4n) is 4.27. The highest BCUT2D eigenvalue weighted by atomic mass is 16.5. The van der Waals surface area contributed by atoms with Gasteiger partial charge in [0.1, 0.15) is 17.2 Å². The molecule has 5 rings (SSSR count).